The van der Waals surface area contributed by atoms with E-state index in [0.717, 1.165) is 5.76 Å². The molecule has 2 aromatic rings. The molecule has 5 heteroatoms. The van der Waals surface area contributed by atoms with E-state index >= 15 is 0 Å². The molecule has 0 spiro atoms. The molecule has 0 radical (unpaired) electrons. The summed E-state index contributed by atoms with van der Waals surface area (Å²) in [5.74, 6) is 1.02. The van der Waals surface area contributed by atoms with E-state index in [0.29, 0.717) is 21.9 Å². The van der Waals surface area contributed by atoms with E-state index in [9.17, 15) is 4.79 Å². The number of anilines is 1. The van der Waals surface area contributed by atoms with Crippen molar-refractivity contribution in [2.45, 2.75) is 26.9 Å². The summed E-state index contributed by atoms with van der Waals surface area (Å²) in [5, 5.41) is 2.26. The molecule has 0 unspecified atom stereocenters. The van der Waals surface area contributed by atoms with E-state index in [2.05, 4.69) is 0 Å². The molecule has 0 bridgehead atoms. The Morgan fingerprint density at radius 3 is 2.72 bits per heavy atom. The van der Waals surface area contributed by atoms with Crippen LogP contribution in [0.2, 0.25) is 0 Å². The van der Waals surface area contributed by atoms with Gasteiger partial charge < -0.3 is 14.9 Å². The highest BCUT2D eigenvalue weighted by molar-refractivity contribution is 7.14. The van der Waals surface area contributed by atoms with Gasteiger partial charge in [0, 0.05) is 10.9 Å². The van der Waals surface area contributed by atoms with Gasteiger partial charge in [-0.2, -0.15) is 0 Å². The minimum atomic E-state index is -0.409. The van der Waals surface area contributed by atoms with E-state index in [1.165, 1.54) is 11.3 Å². The van der Waals surface area contributed by atoms with E-state index < -0.39 is 5.97 Å². The number of carbonyl (C=O) groups excluding carboxylic acids is 1. The van der Waals surface area contributed by atoms with Gasteiger partial charge in [-0.1, -0.05) is 0 Å². The van der Waals surface area contributed by atoms with E-state index in [1.54, 1.807) is 13.8 Å². The summed E-state index contributed by atoms with van der Waals surface area (Å²) in [6, 6.07) is 3.67. The predicted octanol–water partition coefficient (Wildman–Crippen LogP) is 3.46. The number of esters is 1. The fourth-order valence-corrected chi connectivity index (χ4v) is 2.41. The maximum Gasteiger partial charge on any atom is 0.342 e. The van der Waals surface area contributed by atoms with Gasteiger partial charge in [-0.15, -0.1) is 11.3 Å². The van der Waals surface area contributed by atoms with Gasteiger partial charge in [-0.05, 0) is 32.9 Å². The monoisotopic (exact) mass is 265 g/mol. The molecule has 0 saturated carbocycles. The highest BCUT2D eigenvalue weighted by atomic mass is 32.1. The lowest BCUT2D eigenvalue weighted by molar-refractivity contribution is 0.0380. The molecule has 2 aromatic heterocycles. The predicted molar refractivity (Wildman–Crippen MR) is 71.7 cm³/mol. The first kappa shape index (κ1) is 12.7. The highest BCUT2D eigenvalue weighted by Gasteiger charge is 2.22. The van der Waals surface area contributed by atoms with Gasteiger partial charge in [-0.3, -0.25) is 0 Å². The van der Waals surface area contributed by atoms with Crippen LogP contribution < -0.4 is 5.73 Å². The third-order valence-electron chi connectivity index (χ3n) is 2.37. The van der Waals surface area contributed by atoms with Crippen LogP contribution in [0.5, 0.6) is 0 Å². The lowest BCUT2D eigenvalue weighted by atomic mass is 10.1. The Hall–Kier alpha value is -1.75. The first-order valence-corrected chi connectivity index (χ1v) is 6.51. The Balaban J connectivity index is 2.41. The Morgan fingerprint density at radius 2 is 2.17 bits per heavy atom. The summed E-state index contributed by atoms with van der Waals surface area (Å²) >= 11 is 1.31. The van der Waals surface area contributed by atoms with Gasteiger partial charge in [0.1, 0.15) is 22.1 Å². The van der Waals surface area contributed by atoms with Gasteiger partial charge in [0.2, 0.25) is 0 Å². The highest BCUT2D eigenvalue weighted by Crippen LogP contribution is 2.35. The molecule has 0 aliphatic heterocycles. The van der Waals surface area contributed by atoms with Crippen LogP contribution in [-0.2, 0) is 4.74 Å². The van der Waals surface area contributed by atoms with Crippen LogP contribution in [0, 0.1) is 6.92 Å². The molecule has 0 atom stereocenters. The zero-order chi connectivity index (χ0) is 13.3. The third kappa shape index (κ3) is 2.41. The first-order valence-electron chi connectivity index (χ1n) is 5.63. The lowest BCUT2D eigenvalue weighted by Crippen LogP contribution is -2.13. The minimum absolute atomic E-state index is 0.178. The topological polar surface area (TPSA) is 65.5 Å². The third-order valence-corrected chi connectivity index (χ3v) is 3.18. The second-order valence-electron chi connectivity index (χ2n) is 4.25. The number of nitrogens with two attached hydrogens (primary N) is 1. The van der Waals surface area contributed by atoms with Crippen molar-refractivity contribution in [2.24, 2.45) is 0 Å². The van der Waals surface area contributed by atoms with E-state index in [4.69, 9.17) is 14.9 Å². The second kappa shape index (κ2) is 4.86. The fraction of sp³-hybridized carbons (Fsp3) is 0.308. The number of ether oxygens (including phenoxy) is 1. The van der Waals surface area contributed by atoms with Gasteiger partial charge in [0.05, 0.1) is 6.10 Å². The van der Waals surface area contributed by atoms with Crippen LogP contribution in [-0.4, -0.2) is 12.1 Å². The van der Waals surface area contributed by atoms with Crippen molar-refractivity contribution in [3.63, 3.8) is 0 Å². The van der Waals surface area contributed by atoms with Crippen LogP contribution >= 0.6 is 11.3 Å². The van der Waals surface area contributed by atoms with Crippen molar-refractivity contribution in [3.8, 4) is 11.3 Å². The second-order valence-corrected chi connectivity index (χ2v) is 5.16. The number of hydrogen-bond acceptors (Lipinski definition) is 5. The van der Waals surface area contributed by atoms with Crippen molar-refractivity contribution in [3.05, 3.63) is 28.8 Å². The maximum atomic E-state index is 12.0. The molecule has 0 aliphatic rings. The molecule has 96 valence electrons. The molecule has 2 heterocycles. The minimum Gasteiger partial charge on any atom is -0.461 e. The molecule has 2 N–H and O–H groups in total. The molecule has 0 amide bonds. The van der Waals surface area contributed by atoms with Gasteiger partial charge >= 0.3 is 5.97 Å². The Labute approximate surface area is 109 Å². The lowest BCUT2D eigenvalue weighted by Gasteiger charge is -2.08. The number of thiophene rings is 1. The summed E-state index contributed by atoms with van der Waals surface area (Å²) in [6.07, 6.45) is -0.178. The molecule has 4 nitrogen and oxygen atoms in total. The molecule has 0 saturated heterocycles. The molecule has 0 fully saturated rings. The number of hydrogen-bond donors (Lipinski definition) is 1. The summed E-state index contributed by atoms with van der Waals surface area (Å²) in [4.78, 5) is 12.0. The smallest absolute Gasteiger partial charge is 0.342 e. The van der Waals surface area contributed by atoms with Crippen molar-refractivity contribution in [1.82, 2.24) is 0 Å². The van der Waals surface area contributed by atoms with Crippen LogP contribution in [0.4, 0.5) is 5.00 Å². The van der Waals surface area contributed by atoms with E-state index in [1.807, 2.05) is 24.4 Å². The maximum absolute atomic E-state index is 12.0. The van der Waals surface area contributed by atoms with Crippen LogP contribution in [0.15, 0.2) is 21.9 Å². The number of furan rings is 1. The summed E-state index contributed by atoms with van der Waals surface area (Å²) in [6.45, 7) is 5.46. The quantitative estimate of drug-likeness (QED) is 0.863. The van der Waals surface area contributed by atoms with Gasteiger partial charge in [0.15, 0.2) is 0 Å². The molecule has 2 rings (SSSR count). The van der Waals surface area contributed by atoms with Crippen LogP contribution in [0.25, 0.3) is 11.3 Å². The van der Waals surface area contributed by atoms with Gasteiger partial charge in [-0.25, -0.2) is 4.79 Å². The SMILES string of the molecule is Cc1ccc(-c2csc(N)c2C(=O)OC(C)C)o1. The van der Waals surface area contributed by atoms with Gasteiger partial charge in [0.25, 0.3) is 0 Å². The Kier molecular flexibility index (Phi) is 3.43. The zero-order valence-electron chi connectivity index (χ0n) is 10.5. The molecular weight excluding hydrogens is 250 g/mol. The molecule has 18 heavy (non-hydrogen) atoms. The zero-order valence-corrected chi connectivity index (χ0v) is 11.3. The number of rotatable bonds is 3. The molecular formula is C13H15NO3S. The summed E-state index contributed by atoms with van der Waals surface area (Å²) in [5.41, 5.74) is 6.92. The molecule has 0 aliphatic carbocycles. The number of carbonyl (C=O) groups is 1. The summed E-state index contributed by atoms with van der Waals surface area (Å²) < 4.78 is 10.7. The number of nitrogen functional groups attached to an aromatic ring is 1. The van der Waals surface area contributed by atoms with Crippen LogP contribution in [0.3, 0.4) is 0 Å². The first-order chi connectivity index (χ1) is 8.49. The van der Waals surface area contributed by atoms with Crippen molar-refractivity contribution >= 4 is 22.3 Å². The van der Waals surface area contributed by atoms with Crippen molar-refractivity contribution < 1.29 is 13.9 Å². The van der Waals surface area contributed by atoms with Crippen molar-refractivity contribution in [2.75, 3.05) is 5.73 Å². The summed E-state index contributed by atoms with van der Waals surface area (Å²) in [7, 11) is 0. The average Bonchev–Trinajstić information content (AvgIpc) is 2.83. The Morgan fingerprint density at radius 1 is 1.44 bits per heavy atom. The number of aryl methyl sites for hydroxylation is 1. The van der Waals surface area contributed by atoms with E-state index in [-0.39, 0.29) is 6.10 Å². The molecule has 0 aromatic carbocycles. The average molecular weight is 265 g/mol. The largest absolute Gasteiger partial charge is 0.461 e. The van der Waals surface area contributed by atoms with Crippen LogP contribution in [0.1, 0.15) is 30.0 Å². The standard InChI is InChI=1S/C13H15NO3S/c1-7(2)16-13(15)11-9(6-18-12(11)14)10-5-4-8(3)17-10/h4-7H,14H2,1-3H3. The van der Waals surface area contributed by atoms with Crippen molar-refractivity contribution in [1.29, 1.82) is 0 Å². The normalized spacial score (nSPS) is 10.9. The fourth-order valence-electron chi connectivity index (χ4n) is 1.62. The Bertz CT molecular complexity index is 569.